The van der Waals surface area contributed by atoms with Crippen molar-refractivity contribution in [3.8, 4) is 0 Å². The SMILES string of the molecule is C=c1c(C(C)(C)CC)c/c(=C2/C=C(C(C)(C)CC)C(=O)c3ccccc32)c2ccccc12.CC(C)(C)C1=CC(=C2C=C(C(C)(C)C)C(=O)C(C(C)(C)C)=C2)C=C(C(C)(C)C)C1=O.CC1=C/C(=C2/C=C(C)C(=O)C(C(C)(C)C)=C2)C=C(C(C)(C)C)C1=O.CC1=CC(=C2C=C(C(C)(C)C)C(=O)C(C(C)(C)C)=C2)C=C(C)C1=O. The average Bonchev–Trinajstić information content (AvgIpc) is 0.736. The molecule has 3 aromatic carbocycles. The smallest absolute Gasteiger partial charge is 0.190 e. The van der Waals surface area contributed by atoms with E-state index in [1.54, 1.807) is 0 Å². The Labute approximate surface area is 662 Å². The van der Waals surface area contributed by atoms with Crippen LogP contribution in [0.3, 0.4) is 0 Å². The van der Waals surface area contributed by atoms with Crippen LogP contribution in [0.4, 0.5) is 0 Å². The molecule has 0 atom stereocenters. The number of benzene rings is 3. The molecule has 0 heterocycles. The highest BCUT2D eigenvalue weighted by molar-refractivity contribution is 6.18. The summed E-state index contributed by atoms with van der Waals surface area (Å²) >= 11 is 0. The summed E-state index contributed by atoms with van der Waals surface area (Å²) in [6.07, 6.45) is 27.9. The summed E-state index contributed by atoms with van der Waals surface area (Å²) in [5.41, 5.74) is 18.7. The van der Waals surface area contributed by atoms with Crippen LogP contribution in [-0.2, 0) is 34.2 Å². The number of fused-ring (bicyclic) bond motifs is 2. The molecule has 0 spiro atoms. The summed E-state index contributed by atoms with van der Waals surface area (Å²) in [4.78, 5) is 90.1. The first-order valence-corrected chi connectivity index (χ1v) is 39.6. The van der Waals surface area contributed by atoms with Gasteiger partial charge in [0, 0.05) is 55.7 Å². The number of ketones is 7. The quantitative estimate of drug-likeness (QED) is 0.255. The lowest BCUT2D eigenvalue weighted by atomic mass is 9.69. The first-order valence-electron chi connectivity index (χ1n) is 39.6. The van der Waals surface area contributed by atoms with Gasteiger partial charge in [0.15, 0.2) is 40.5 Å². The maximum absolute atomic E-state index is 13.5. The number of hydrogen-bond acceptors (Lipinski definition) is 7. The zero-order valence-electron chi connectivity index (χ0n) is 73.7. The van der Waals surface area contributed by atoms with E-state index in [-0.39, 0.29) is 94.6 Å². The Morgan fingerprint density at radius 3 is 0.800 bits per heavy atom. The molecule has 0 unspecified atom stereocenters. The largest absolute Gasteiger partial charge is 0.289 e. The van der Waals surface area contributed by atoms with Gasteiger partial charge in [0.05, 0.1) is 0 Å². The van der Waals surface area contributed by atoms with E-state index in [2.05, 4.69) is 257 Å². The Morgan fingerprint density at radius 1 is 0.264 bits per heavy atom. The summed E-state index contributed by atoms with van der Waals surface area (Å²) in [7, 11) is 0. The van der Waals surface area contributed by atoms with Crippen LogP contribution in [0.2, 0.25) is 0 Å². The van der Waals surface area contributed by atoms with E-state index in [0.717, 1.165) is 141 Å². The molecule has 110 heavy (non-hydrogen) atoms. The maximum atomic E-state index is 13.5. The maximum Gasteiger partial charge on any atom is 0.190 e. The van der Waals surface area contributed by atoms with Crippen LogP contribution < -0.4 is 10.4 Å². The van der Waals surface area contributed by atoms with Gasteiger partial charge in [-0.3, -0.25) is 33.6 Å². The van der Waals surface area contributed by atoms with E-state index in [1.165, 1.54) is 21.6 Å². The molecule has 7 heteroatoms. The molecule has 0 saturated heterocycles. The molecule has 10 rings (SSSR count). The summed E-state index contributed by atoms with van der Waals surface area (Å²) in [5.74, 6) is 0.860. The molecule has 7 nitrogen and oxygen atoms in total. The lowest BCUT2D eigenvalue weighted by Gasteiger charge is -2.34. The van der Waals surface area contributed by atoms with Crippen molar-refractivity contribution in [2.75, 3.05) is 0 Å². The van der Waals surface area contributed by atoms with Crippen LogP contribution in [0.5, 0.6) is 0 Å². The molecule has 0 fully saturated rings. The monoisotopic (exact) mass is 1480 g/mol. The van der Waals surface area contributed by atoms with Crippen molar-refractivity contribution in [2.24, 2.45) is 48.7 Å². The van der Waals surface area contributed by atoms with Crippen LogP contribution in [0, 0.1) is 48.7 Å². The van der Waals surface area contributed by atoms with Gasteiger partial charge in [0.1, 0.15) is 0 Å². The predicted octanol–water partition coefficient (Wildman–Crippen LogP) is 24.6. The Bertz CT molecular complexity index is 4810. The minimum Gasteiger partial charge on any atom is -0.289 e. The highest BCUT2D eigenvalue weighted by Crippen LogP contribution is 2.47. The highest BCUT2D eigenvalue weighted by Gasteiger charge is 2.40. The lowest BCUT2D eigenvalue weighted by molar-refractivity contribution is -0.114. The predicted molar refractivity (Wildman–Crippen MR) is 464 cm³/mol. The van der Waals surface area contributed by atoms with Crippen LogP contribution in [0.25, 0.3) is 22.9 Å². The summed E-state index contributed by atoms with van der Waals surface area (Å²) in [5, 5.41) is 4.68. The lowest BCUT2D eigenvalue weighted by Crippen LogP contribution is -2.30. The van der Waals surface area contributed by atoms with Crippen LogP contribution in [-0.4, -0.2) is 40.5 Å². The molecule has 0 saturated carbocycles. The number of rotatable bonds is 4. The first-order chi connectivity index (χ1) is 50.0. The van der Waals surface area contributed by atoms with Crippen molar-refractivity contribution in [2.45, 2.75) is 254 Å². The Hall–Kier alpha value is -8.81. The molecule has 3 aromatic rings. The Balaban J connectivity index is 0.000000206. The third-order valence-electron chi connectivity index (χ3n) is 22.4. The van der Waals surface area contributed by atoms with Gasteiger partial charge in [-0.25, -0.2) is 0 Å². The van der Waals surface area contributed by atoms with E-state index in [9.17, 15) is 33.6 Å². The molecule has 584 valence electrons. The fourth-order valence-corrected chi connectivity index (χ4v) is 14.6. The number of carbonyl (C=O) groups is 7. The molecule has 0 bridgehead atoms. The van der Waals surface area contributed by atoms with Gasteiger partial charge in [-0.15, -0.1) is 0 Å². The Kier molecular flexibility index (Phi) is 25.2. The van der Waals surface area contributed by atoms with Crippen molar-refractivity contribution in [1.29, 1.82) is 0 Å². The Morgan fingerprint density at radius 2 is 0.509 bits per heavy atom. The van der Waals surface area contributed by atoms with Gasteiger partial charge in [-0.2, -0.15) is 0 Å². The molecular weight excluding hydrogens is 1350 g/mol. The number of allylic oxidation sites excluding steroid dienone is 32. The molecule has 7 aliphatic carbocycles. The minimum atomic E-state index is -0.259. The summed E-state index contributed by atoms with van der Waals surface area (Å²) in [6, 6.07) is 19.0. The second kappa shape index (κ2) is 31.4. The van der Waals surface area contributed by atoms with Crippen molar-refractivity contribution in [1.82, 2.24) is 0 Å². The molecule has 0 amide bonds. The third-order valence-corrected chi connectivity index (χ3v) is 22.4. The van der Waals surface area contributed by atoms with Gasteiger partial charge in [-0.05, 0) is 273 Å². The van der Waals surface area contributed by atoms with Crippen LogP contribution >= 0.6 is 0 Å². The van der Waals surface area contributed by atoms with Crippen LogP contribution in [0.1, 0.15) is 270 Å². The molecule has 0 radical (unpaired) electrons. The zero-order chi connectivity index (χ0) is 83.6. The number of carbonyl (C=O) groups excluding carboxylic acids is 7. The van der Waals surface area contributed by atoms with Crippen molar-refractivity contribution in [3.05, 3.63) is 267 Å². The molecule has 7 aliphatic rings. The highest BCUT2D eigenvalue weighted by atomic mass is 16.2. The van der Waals surface area contributed by atoms with Gasteiger partial charge in [0.25, 0.3) is 0 Å². The minimum absolute atomic E-state index is 0.00959. The number of hydrogen-bond donors (Lipinski definition) is 0. The molecule has 0 aromatic heterocycles. The summed E-state index contributed by atoms with van der Waals surface area (Å²) < 4.78 is 0. The normalized spacial score (nSPS) is 19.3. The standard InChI is InChI=1S/C31H34O.C28H40O2.2C22H28O2/c1-8-30(4,5)27-18-25(22-15-11-10-14-21(22)20(27)3)26-19-28(31(6,7)9-2)29(32)24-17-13-12-16-23(24)26;1-25(2,3)19-13-17(14-20(23(19)29)26(4,5)6)18-15-21(27(7,8)9)24(30)22(16-18)28(10,11)12;1-13-9-15(11-17(19(13)23)21(3,4)5)16-10-14(2)20(24)18(12-16)22(6,7)8;1-13-9-15(10-14(2)19(13)23)16-11-17(21(3,4)5)20(24)18(12-16)22(6,7)8/h10-19H,3,8-9H2,1-2,4-7H3;13-16H,1-12H3;2*9-12H,1-8H3/b26-25+;;16-15+;. The molecule has 0 N–H and O–H groups in total. The zero-order valence-corrected chi connectivity index (χ0v) is 73.7. The third kappa shape index (κ3) is 19.2. The van der Waals surface area contributed by atoms with E-state index in [4.69, 9.17) is 0 Å². The number of Topliss-reactive ketones (excluding diaryl/α,β-unsaturated/α-hetero) is 7. The first kappa shape index (κ1) is 88.4. The van der Waals surface area contributed by atoms with E-state index >= 15 is 0 Å². The molecule has 0 aliphatic heterocycles. The van der Waals surface area contributed by atoms with Gasteiger partial charge < -0.3 is 0 Å². The molecular formula is C103H130O7. The van der Waals surface area contributed by atoms with Gasteiger partial charge >= 0.3 is 0 Å². The van der Waals surface area contributed by atoms with Crippen molar-refractivity contribution < 1.29 is 33.6 Å². The fourth-order valence-electron chi connectivity index (χ4n) is 14.6. The second-order valence-electron chi connectivity index (χ2n) is 40.8. The van der Waals surface area contributed by atoms with Gasteiger partial charge in [0.2, 0.25) is 0 Å². The van der Waals surface area contributed by atoms with Crippen LogP contribution in [0.15, 0.2) is 239 Å². The summed E-state index contributed by atoms with van der Waals surface area (Å²) in [6.45, 7) is 75.0. The topological polar surface area (TPSA) is 119 Å². The van der Waals surface area contributed by atoms with Gasteiger partial charge in [-0.1, -0.05) is 263 Å². The van der Waals surface area contributed by atoms with Crippen molar-refractivity contribution >= 4 is 63.4 Å². The second-order valence-corrected chi connectivity index (χ2v) is 40.8. The average molecular weight is 1480 g/mol. The van der Waals surface area contributed by atoms with E-state index in [0.29, 0.717) is 0 Å². The van der Waals surface area contributed by atoms with Crippen molar-refractivity contribution in [3.63, 3.8) is 0 Å². The fraction of sp³-hybridized carbons (Fsp3) is 0.447. The van der Waals surface area contributed by atoms with E-state index < -0.39 is 0 Å². The van der Waals surface area contributed by atoms with E-state index in [1.807, 2.05) is 119 Å².